The molecule has 0 unspecified atom stereocenters. The summed E-state index contributed by atoms with van der Waals surface area (Å²) in [6.45, 7) is 9.26. The number of pyridine rings is 1. The van der Waals surface area contributed by atoms with E-state index in [-0.39, 0.29) is 10.8 Å². The first kappa shape index (κ1) is 16.7. The third-order valence-electron chi connectivity index (χ3n) is 3.22. The van der Waals surface area contributed by atoms with E-state index in [1.165, 1.54) is 12.1 Å². The predicted octanol–water partition coefficient (Wildman–Crippen LogP) is 4.29. The van der Waals surface area contributed by atoms with Gasteiger partial charge in [0.15, 0.2) is 0 Å². The molecule has 0 spiro atoms. The van der Waals surface area contributed by atoms with Crippen molar-refractivity contribution in [1.29, 1.82) is 0 Å². The summed E-state index contributed by atoms with van der Waals surface area (Å²) < 4.78 is 0. The molecule has 0 saturated heterocycles. The van der Waals surface area contributed by atoms with Gasteiger partial charge in [-0.05, 0) is 18.8 Å². The highest BCUT2D eigenvalue weighted by Gasteiger charge is 2.21. The van der Waals surface area contributed by atoms with Gasteiger partial charge in [0.1, 0.15) is 11.0 Å². The second-order valence-electron chi connectivity index (χ2n) is 5.28. The summed E-state index contributed by atoms with van der Waals surface area (Å²) in [5.74, 6) is 1.03. The molecule has 20 heavy (non-hydrogen) atoms. The number of hydrogen-bond acceptors (Lipinski definition) is 4. The lowest BCUT2D eigenvalue weighted by Gasteiger charge is -2.33. The SMILES string of the molecule is CCC(CC)N(CC(C)C)c1cc([N+](=O)[O-])cc(Cl)n1. The minimum Gasteiger partial charge on any atom is -0.353 e. The fraction of sp³-hybridized carbons (Fsp3) is 0.643. The lowest BCUT2D eigenvalue weighted by Crippen LogP contribution is -2.38. The number of aromatic nitrogens is 1. The molecule has 0 amide bonds. The zero-order valence-electron chi connectivity index (χ0n) is 12.5. The van der Waals surface area contributed by atoms with Gasteiger partial charge in [0, 0.05) is 12.6 Å². The van der Waals surface area contributed by atoms with E-state index in [2.05, 4.69) is 37.6 Å². The normalized spacial score (nSPS) is 11.2. The smallest absolute Gasteiger partial charge is 0.276 e. The molecular weight excluding hydrogens is 278 g/mol. The van der Waals surface area contributed by atoms with Gasteiger partial charge in [-0.3, -0.25) is 10.1 Å². The number of rotatable bonds is 7. The average molecular weight is 300 g/mol. The Morgan fingerprint density at radius 2 is 1.95 bits per heavy atom. The molecule has 0 atom stereocenters. The summed E-state index contributed by atoms with van der Waals surface area (Å²) in [4.78, 5) is 16.9. The van der Waals surface area contributed by atoms with Crippen LogP contribution in [0.25, 0.3) is 0 Å². The number of anilines is 1. The molecule has 0 aliphatic carbocycles. The Bertz CT molecular complexity index is 462. The van der Waals surface area contributed by atoms with Gasteiger partial charge in [0.2, 0.25) is 0 Å². The first-order valence-electron chi connectivity index (χ1n) is 6.97. The van der Waals surface area contributed by atoms with Crippen LogP contribution in [0, 0.1) is 16.0 Å². The highest BCUT2D eigenvalue weighted by molar-refractivity contribution is 6.29. The van der Waals surface area contributed by atoms with Crippen molar-refractivity contribution in [2.75, 3.05) is 11.4 Å². The van der Waals surface area contributed by atoms with Crippen molar-refractivity contribution in [2.24, 2.45) is 5.92 Å². The van der Waals surface area contributed by atoms with Crippen LogP contribution in [0.15, 0.2) is 12.1 Å². The molecule has 6 heteroatoms. The molecule has 5 nitrogen and oxygen atoms in total. The highest BCUT2D eigenvalue weighted by Crippen LogP contribution is 2.26. The van der Waals surface area contributed by atoms with E-state index in [4.69, 9.17) is 11.6 Å². The molecule has 0 saturated carbocycles. The van der Waals surface area contributed by atoms with Crippen LogP contribution in [-0.4, -0.2) is 22.5 Å². The van der Waals surface area contributed by atoms with Gasteiger partial charge in [-0.2, -0.15) is 0 Å². The van der Waals surface area contributed by atoms with Crippen molar-refractivity contribution in [3.8, 4) is 0 Å². The number of hydrogen-bond donors (Lipinski definition) is 0. The van der Waals surface area contributed by atoms with Crippen molar-refractivity contribution in [1.82, 2.24) is 4.98 Å². The minimum absolute atomic E-state index is 0.0142. The van der Waals surface area contributed by atoms with Crippen LogP contribution in [-0.2, 0) is 0 Å². The Morgan fingerprint density at radius 1 is 1.35 bits per heavy atom. The van der Waals surface area contributed by atoms with Crippen LogP contribution in [0.5, 0.6) is 0 Å². The molecule has 0 aliphatic heterocycles. The summed E-state index contributed by atoms with van der Waals surface area (Å²) in [5, 5.41) is 11.1. The van der Waals surface area contributed by atoms with Gasteiger partial charge < -0.3 is 4.90 Å². The third kappa shape index (κ3) is 4.34. The van der Waals surface area contributed by atoms with Gasteiger partial charge in [0.05, 0.1) is 17.1 Å². The Hall–Kier alpha value is -1.36. The summed E-state index contributed by atoms with van der Waals surface area (Å²) in [6.07, 6.45) is 1.93. The summed E-state index contributed by atoms with van der Waals surface area (Å²) in [5.41, 5.74) is -0.0142. The largest absolute Gasteiger partial charge is 0.353 e. The second kappa shape index (κ2) is 7.43. The van der Waals surface area contributed by atoms with Crippen LogP contribution < -0.4 is 4.90 Å². The van der Waals surface area contributed by atoms with Crippen LogP contribution in [0.2, 0.25) is 5.15 Å². The highest BCUT2D eigenvalue weighted by atomic mass is 35.5. The monoisotopic (exact) mass is 299 g/mol. The summed E-state index contributed by atoms with van der Waals surface area (Å²) >= 11 is 5.92. The van der Waals surface area contributed by atoms with E-state index >= 15 is 0 Å². The Morgan fingerprint density at radius 3 is 2.40 bits per heavy atom. The number of halogens is 1. The van der Waals surface area contributed by atoms with Crippen LogP contribution in [0.3, 0.4) is 0 Å². The van der Waals surface area contributed by atoms with E-state index in [0.29, 0.717) is 17.8 Å². The maximum Gasteiger partial charge on any atom is 0.276 e. The molecule has 0 radical (unpaired) electrons. The van der Waals surface area contributed by atoms with Gasteiger partial charge in [-0.1, -0.05) is 39.3 Å². The topological polar surface area (TPSA) is 59.3 Å². The molecular formula is C14H22ClN3O2. The molecule has 1 rings (SSSR count). The molecule has 112 valence electrons. The van der Waals surface area contributed by atoms with Gasteiger partial charge in [-0.25, -0.2) is 4.98 Å². The molecule has 1 heterocycles. The van der Waals surface area contributed by atoms with Gasteiger partial charge >= 0.3 is 0 Å². The lowest BCUT2D eigenvalue weighted by molar-refractivity contribution is -0.384. The van der Waals surface area contributed by atoms with Crippen molar-refractivity contribution in [3.63, 3.8) is 0 Å². The molecule has 0 fully saturated rings. The minimum atomic E-state index is -0.433. The molecule has 0 N–H and O–H groups in total. The van der Waals surface area contributed by atoms with Gasteiger partial charge in [-0.15, -0.1) is 0 Å². The van der Waals surface area contributed by atoms with E-state index in [1.54, 1.807) is 0 Å². The van der Waals surface area contributed by atoms with Crippen LogP contribution in [0.1, 0.15) is 40.5 Å². The van der Waals surface area contributed by atoms with Crippen molar-refractivity contribution < 1.29 is 4.92 Å². The first-order valence-corrected chi connectivity index (χ1v) is 7.35. The Labute approximate surface area is 125 Å². The van der Waals surface area contributed by atoms with E-state index in [1.807, 2.05) is 0 Å². The maximum atomic E-state index is 11.0. The zero-order valence-corrected chi connectivity index (χ0v) is 13.2. The fourth-order valence-electron chi connectivity index (χ4n) is 2.27. The number of nitro groups is 1. The van der Waals surface area contributed by atoms with Crippen molar-refractivity contribution in [2.45, 2.75) is 46.6 Å². The molecule has 0 bridgehead atoms. The molecule has 0 aromatic carbocycles. The molecule has 1 aromatic heterocycles. The maximum absolute atomic E-state index is 11.0. The fourth-order valence-corrected chi connectivity index (χ4v) is 2.47. The standard InChI is InChI=1S/C14H22ClN3O2/c1-5-11(6-2)17(9-10(3)4)14-8-12(18(19)20)7-13(15)16-14/h7-8,10-11H,5-6,9H2,1-4H3. The van der Waals surface area contributed by atoms with Crippen molar-refractivity contribution in [3.05, 3.63) is 27.4 Å². The first-order chi connectivity index (χ1) is 9.38. The zero-order chi connectivity index (χ0) is 15.3. The van der Waals surface area contributed by atoms with E-state index < -0.39 is 4.92 Å². The van der Waals surface area contributed by atoms with Crippen LogP contribution in [0.4, 0.5) is 11.5 Å². The van der Waals surface area contributed by atoms with Crippen LogP contribution >= 0.6 is 11.6 Å². The third-order valence-corrected chi connectivity index (χ3v) is 3.41. The second-order valence-corrected chi connectivity index (χ2v) is 5.67. The summed E-state index contributed by atoms with van der Waals surface area (Å²) in [7, 11) is 0. The summed E-state index contributed by atoms with van der Waals surface area (Å²) in [6, 6.07) is 3.10. The molecule has 0 aliphatic rings. The Balaban J connectivity index is 3.21. The molecule has 1 aromatic rings. The Kier molecular flexibility index (Phi) is 6.20. The van der Waals surface area contributed by atoms with Gasteiger partial charge in [0.25, 0.3) is 5.69 Å². The quantitative estimate of drug-likeness (QED) is 0.428. The van der Waals surface area contributed by atoms with E-state index in [0.717, 1.165) is 19.4 Å². The predicted molar refractivity (Wildman–Crippen MR) is 82.5 cm³/mol. The lowest BCUT2D eigenvalue weighted by atomic mass is 10.1. The van der Waals surface area contributed by atoms with Crippen molar-refractivity contribution >= 4 is 23.1 Å². The average Bonchev–Trinajstić information content (AvgIpc) is 2.37. The number of nitrogens with zero attached hydrogens (tertiary/aromatic N) is 3. The van der Waals surface area contributed by atoms with E-state index in [9.17, 15) is 10.1 Å².